The number of thioether (sulfide) groups is 1. The van der Waals surface area contributed by atoms with Gasteiger partial charge in [0, 0.05) is 11.8 Å². The molecule has 15 heavy (non-hydrogen) atoms. The van der Waals surface area contributed by atoms with E-state index in [1.54, 1.807) is 0 Å². The Morgan fingerprint density at radius 3 is 2.73 bits per heavy atom. The highest BCUT2D eigenvalue weighted by Crippen LogP contribution is 2.18. The number of nitrogens with one attached hydrogen (secondary N) is 1. The van der Waals surface area contributed by atoms with Gasteiger partial charge in [0.1, 0.15) is 0 Å². The minimum Gasteiger partial charge on any atom is -0.377 e. The Bertz CT molecular complexity index is 217. The minimum absolute atomic E-state index is 0.304. The van der Waals surface area contributed by atoms with Crippen LogP contribution in [-0.2, 0) is 4.74 Å². The molecule has 1 N–H and O–H groups in total. The summed E-state index contributed by atoms with van der Waals surface area (Å²) in [7, 11) is 0. The Morgan fingerprint density at radius 1 is 1.47 bits per heavy atom. The number of hydrogen-bond acceptors (Lipinski definition) is 3. The lowest BCUT2D eigenvalue weighted by atomic mass is 10.1. The fraction of sp³-hybridized carbons (Fsp3) is 0.909. The number of ether oxygens (including phenoxy) is 1. The smallest absolute Gasteiger partial charge is 0.156 e. The summed E-state index contributed by atoms with van der Waals surface area (Å²) in [6.07, 6.45) is 0.304. The van der Waals surface area contributed by atoms with Crippen molar-refractivity contribution in [3.8, 4) is 0 Å². The maximum atomic E-state index is 5.43. The van der Waals surface area contributed by atoms with E-state index in [4.69, 9.17) is 4.74 Å². The first-order valence-electron chi connectivity index (χ1n) is 5.65. The van der Waals surface area contributed by atoms with Crippen molar-refractivity contribution in [3.05, 3.63) is 0 Å². The van der Waals surface area contributed by atoms with Gasteiger partial charge in [-0.25, -0.2) is 0 Å². The molecule has 88 valence electrons. The second-order valence-electron chi connectivity index (χ2n) is 4.41. The number of rotatable bonds is 5. The van der Waals surface area contributed by atoms with E-state index in [1.165, 1.54) is 0 Å². The molecular weight excluding hydrogens is 208 g/mol. The van der Waals surface area contributed by atoms with Crippen LogP contribution in [0.4, 0.5) is 0 Å². The molecule has 1 heterocycles. The molecule has 0 amide bonds. The van der Waals surface area contributed by atoms with Crippen LogP contribution in [0.1, 0.15) is 27.7 Å². The summed E-state index contributed by atoms with van der Waals surface area (Å²) in [4.78, 5) is 4.47. The molecule has 1 atom stereocenters. The predicted octanol–water partition coefficient (Wildman–Crippen LogP) is 2.13. The van der Waals surface area contributed by atoms with E-state index in [0.717, 1.165) is 24.1 Å². The third kappa shape index (κ3) is 4.89. The normalized spacial score (nSPS) is 24.1. The molecule has 3 nitrogen and oxygen atoms in total. The Kier molecular flexibility index (Phi) is 5.47. The molecule has 0 radical (unpaired) electrons. The predicted molar refractivity (Wildman–Crippen MR) is 67.6 cm³/mol. The van der Waals surface area contributed by atoms with Crippen LogP contribution in [0.2, 0.25) is 0 Å². The third-order valence-corrected chi connectivity index (χ3v) is 3.36. The van der Waals surface area contributed by atoms with Gasteiger partial charge in [0.05, 0.1) is 19.3 Å². The zero-order valence-corrected chi connectivity index (χ0v) is 10.9. The van der Waals surface area contributed by atoms with Gasteiger partial charge in [-0.3, -0.25) is 4.99 Å². The van der Waals surface area contributed by atoms with Crippen LogP contribution >= 0.6 is 11.8 Å². The van der Waals surface area contributed by atoms with E-state index < -0.39 is 0 Å². The van der Waals surface area contributed by atoms with Gasteiger partial charge in [-0.15, -0.1) is 0 Å². The van der Waals surface area contributed by atoms with Crippen LogP contribution in [0.3, 0.4) is 0 Å². The van der Waals surface area contributed by atoms with Gasteiger partial charge < -0.3 is 10.1 Å². The van der Waals surface area contributed by atoms with Crippen LogP contribution in [0.15, 0.2) is 4.99 Å². The van der Waals surface area contributed by atoms with E-state index in [-0.39, 0.29) is 0 Å². The minimum atomic E-state index is 0.304. The lowest BCUT2D eigenvalue weighted by molar-refractivity contribution is 0.0853. The molecule has 0 spiro atoms. The monoisotopic (exact) mass is 230 g/mol. The first kappa shape index (κ1) is 12.8. The van der Waals surface area contributed by atoms with Crippen molar-refractivity contribution in [1.29, 1.82) is 0 Å². The molecule has 0 saturated carbocycles. The summed E-state index contributed by atoms with van der Waals surface area (Å²) in [5.74, 6) is 1.82. The summed E-state index contributed by atoms with van der Waals surface area (Å²) in [5, 5.41) is 4.52. The lowest BCUT2D eigenvalue weighted by Crippen LogP contribution is -2.31. The summed E-state index contributed by atoms with van der Waals surface area (Å²) in [6, 6.07) is 0.583. The first-order valence-corrected chi connectivity index (χ1v) is 6.63. The SMILES string of the molecule is CC(C)OCCN=C1NC(C(C)C)CS1. The highest BCUT2D eigenvalue weighted by molar-refractivity contribution is 8.14. The fourth-order valence-corrected chi connectivity index (χ4v) is 2.52. The van der Waals surface area contributed by atoms with Crippen LogP contribution < -0.4 is 5.32 Å². The van der Waals surface area contributed by atoms with Crippen molar-refractivity contribution in [2.24, 2.45) is 10.9 Å². The molecular formula is C11H22N2OS. The van der Waals surface area contributed by atoms with Crippen molar-refractivity contribution < 1.29 is 4.74 Å². The van der Waals surface area contributed by atoms with Gasteiger partial charge in [0.15, 0.2) is 5.17 Å². The molecule has 4 heteroatoms. The Balaban J connectivity index is 2.19. The average Bonchev–Trinajstić information content (AvgIpc) is 2.60. The van der Waals surface area contributed by atoms with Crippen LogP contribution in [0, 0.1) is 5.92 Å². The molecule has 1 aliphatic heterocycles. The Morgan fingerprint density at radius 2 is 2.20 bits per heavy atom. The van der Waals surface area contributed by atoms with Gasteiger partial charge in [-0.1, -0.05) is 25.6 Å². The molecule has 1 rings (SSSR count). The first-order chi connectivity index (χ1) is 7.09. The number of amidine groups is 1. The van der Waals surface area contributed by atoms with Gasteiger partial charge in [0.25, 0.3) is 0 Å². The van der Waals surface area contributed by atoms with E-state index in [0.29, 0.717) is 18.1 Å². The van der Waals surface area contributed by atoms with Crippen molar-refractivity contribution in [2.75, 3.05) is 18.9 Å². The molecule has 0 aromatic heterocycles. The second-order valence-corrected chi connectivity index (χ2v) is 5.42. The quantitative estimate of drug-likeness (QED) is 0.735. The molecule has 0 aliphatic carbocycles. The molecule has 1 saturated heterocycles. The topological polar surface area (TPSA) is 33.6 Å². The molecule has 1 fully saturated rings. The standard InChI is InChI=1S/C11H22N2OS/c1-8(2)10-7-15-11(13-10)12-5-6-14-9(3)4/h8-10H,5-7H2,1-4H3,(H,12,13). The van der Waals surface area contributed by atoms with Crippen LogP contribution in [0.25, 0.3) is 0 Å². The summed E-state index contributed by atoms with van der Waals surface area (Å²) in [5.41, 5.74) is 0. The van der Waals surface area contributed by atoms with Crippen LogP contribution in [-0.4, -0.2) is 36.2 Å². The summed E-state index contributed by atoms with van der Waals surface area (Å²) >= 11 is 1.82. The zero-order chi connectivity index (χ0) is 11.3. The lowest BCUT2D eigenvalue weighted by Gasteiger charge is -2.13. The van der Waals surface area contributed by atoms with Gasteiger partial charge in [-0.2, -0.15) is 0 Å². The summed E-state index contributed by atoms with van der Waals surface area (Å²) in [6.45, 7) is 10.1. The number of hydrogen-bond donors (Lipinski definition) is 1. The maximum absolute atomic E-state index is 5.43. The van der Waals surface area contributed by atoms with Crippen molar-refractivity contribution in [3.63, 3.8) is 0 Å². The molecule has 0 aromatic carbocycles. The Hall–Kier alpha value is -0.220. The van der Waals surface area contributed by atoms with Crippen LogP contribution in [0.5, 0.6) is 0 Å². The molecule has 1 unspecified atom stereocenters. The van der Waals surface area contributed by atoms with Crippen molar-refractivity contribution >= 4 is 16.9 Å². The van der Waals surface area contributed by atoms with Gasteiger partial charge in [0.2, 0.25) is 0 Å². The number of aliphatic imine (C=N–C) groups is 1. The second kappa shape index (κ2) is 6.38. The average molecular weight is 230 g/mol. The largest absolute Gasteiger partial charge is 0.377 e. The van der Waals surface area contributed by atoms with E-state index in [2.05, 4.69) is 24.2 Å². The zero-order valence-electron chi connectivity index (χ0n) is 10.1. The van der Waals surface area contributed by atoms with Crippen molar-refractivity contribution in [1.82, 2.24) is 5.32 Å². The number of nitrogens with zero attached hydrogens (tertiary/aromatic N) is 1. The van der Waals surface area contributed by atoms with E-state index >= 15 is 0 Å². The van der Waals surface area contributed by atoms with E-state index in [9.17, 15) is 0 Å². The van der Waals surface area contributed by atoms with Crippen molar-refractivity contribution in [2.45, 2.75) is 39.8 Å². The fourth-order valence-electron chi connectivity index (χ4n) is 1.30. The van der Waals surface area contributed by atoms with Gasteiger partial charge >= 0.3 is 0 Å². The molecule has 0 bridgehead atoms. The highest BCUT2D eigenvalue weighted by atomic mass is 32.2. The highest BCUT2D eigenvalue weighted by Gasteiger charge is 2.22. The third-order valence-electron chi connectivity index (χ3n) is 2.31. The van der Waals surface area contributed by atoms with E-state index in [1.807, 2.05) is 25.6 Å². The maximum Gasteiger partial charge on any atom is 0.156 e. The molecule has 0 aromatic rings. The Labute approximate surface area is 97.1 Å². The van der Waals surface area contributed by atoms with Gasteiger partial charge in [-0.05, 0) is 19.8 Å². The summed E-state index contributed by atoms with van der Waals surface area (Å²) < 4.78 is 5.43. The molecule has 1 aliphatic rings.